The van der Waals surface area contributed by atoms with Crippen LogP contribution in [0, 0.1) is 18.3 Å². The molecular formula is C32H31N5O5. The van der Waals surface area contributed by atoms with Crippen molar-refractivity contribution < 1.29 is 23.9 Å². The molecule has 3 aliphatic rings. The van der Waals surface area contributed by atoms with Crippen LogP contribution in [-0.2, 0) is 9.47 Å². The number of aryl methyl sites for hydroxylation is 1. The Morgan fingerprint density at radius 2 is 1.83 bits per heavy atom. The molecule has 1 unspecified atom stereocenters. The number of nitriles is 1. The molecular weight excluding hydrogens is 534 g/mol. The minimum atomic E-state index is -0.607. The molecule has 1 aromatic heterocycles. The molecule has 1 aliphatic carbocycles. The van der Waals surface area contributed by atoms with Gasteiger partial charge >= 0.3 is 12.1 Å². The molecule has 1 saturated carbocycles. The first kappa shape index (κ1) is 27.3. The number of anilines is 2. The first-order valence-corrected chi connectivity index (χ1v) is 14.2. The number of amides is 2. The Morgan fingerprint density at radius 1 is 1.07 bits per heavy atom. The summed E-state index contributed by atoms with van der Waals surface area (Å²) in [5.74, 6) is 0.869. The van der Waals surface area contributed by atoms with Gasteiger partial charge in [-0.1, -0.05) is 24.3 Å². The van der Waals surface area contributed by atoms with Crippen LogP contribution in [0.15, 0.2) is 60.8 Å². The number of aromatic nitrogens is 1. The molecule has 3 aromatic rings. The molecule has 42 heavy (non-hydrogen) atoms. The number of ether oxygens (including phenoxy) is 2. The third-order valence-electron chi connectivity index (χ3n) is 8.00. The van der Waals surface area contributed by atoms with Gasteiger partial charge in [-0.05, 0) is 67.1 Å². The van der Waals surface area contributed by atoms with E-state index >= 15 is 0 Å². The van der Waals surface area contributed by atoms with Crippen LogP contribution < -0.4 is 9.80 Å². The van der Waals surface area contributed by atoms with Gasteiger partial charge in [-0.25, -0.2) is 14.6 Å². The molecule has 0 N–H and O–H groups in total. The number of benzene rings is 2. The normalized spacial score (nSPS) is 18.4. The zero-order valence-corrected chi connectivity index (χ0v) is 23.4. The van der Waals surface area contributed by atoms with Crippen molar-refractivity contribution in [3.8, 4) is 6.07 Å². The molecule has 3 heterocycles. The van der Waals surface area contributed by atoms with E-state index in [0.29, 0.717) is 43.3 Å². The van der Waals surface area contributed by atoms with E-state index in [1.807, 2.05) is 6.20 Å². The molecule has 0 bridgehead atoms. The number of cyclic esters (lactones) is 1. The maximum absolute atomic E-state index is 13.5. The molecule has 2 amide bonds. The summed E-state index contributed by atoms with van der Waals surface area (Å²) in [7, 11) is 0. The van der Waals surface area contributed by atoms with E-state index in [9.17, 15) is 19.6 Å². The molecule has 0 spiro atoms. The Hall–Kier alpha value is -4.91. The fourth-order valence-corrected chi connectivity index (χ4v) is 5.54. The third kappa shape index (κ3) is 5.50. The lowest BCUT2D eigenvalue weighted by atomic mass is 10.0. The number of hydrogen-bond acceptors (Lipinski definition) is 8. The summed E-state index contributed by atoms with van der Waals surface area (Å²) in [5.41, 5.74) is 3.69. The fourth-order valence-electron chi connectivity index (χ4n) is 5.54. The summed E-state index contributed by atoms with van der Waals surface area (Å²) in [4.78, 5) is 48.5. The zero-order chi connectivity index (χ0) is 29.2. The maximum atomic E-state index is 13.5. The van der Waals surface area contributed by atoms with E-state index in [1.54, 1.807) is 47.4 Å². The summed E-state index contributed by atoms with van der Waals surface area (Å²) >= 11 is 0. The van der Waals surface area contributed by atoms with Crippen LogP contribution in [0.25, 0.3) is 0 Å². The minimum Gasteiger partial charge on any atom is -0.460 e. The quantitative estimate of drug-likeness (QED) is 0.390. The molecule has 214 valence electrons. The van der Waals surface area contributed by atoms with Crippen LogP contribution in [0.1, 0.15) is 56.2 Å². The largest absolute Gasteiger partial charge is 0.460 e. The van der Waals surface area contributed by atoms with Crippen LogP contribution in [0.5, 0.6) is 0 Å². The number of hydrogen-bond donors (Lipinski definition) is 0. The van der Waals surface area contributed by atoms with Crippen molar-refractivity contribution in [1.82, 2.24) is 9.88 Å². The number of pyridine rings is 1. The van der Waals surface area contributed by atoms with Crippen LogP contribution in [0.2, 0.25) is 0 Å². The summed E-state index contributed by atoms with van der Waals surface area (Å²) in [6.45, 7) is 4.33. The van der Waals surface area contributed by atoms with E-state index in [1.165, 1.54) is 29.4 Å². The predicted molar refractivity (Wildman–Crippen MR) is 155 cm³/mol. The number of esters is 1. The van der Waals surface area contributed by atoms with Gasteiger partial charge in [0.05, 0.1) is 16.7 Å². The molecule has 10 heteroatoms. The van der Waals surface area contributed by atoms with Gasteiger partial charge in [0.25, 0.3) is 5.91 Å². The van der Waals surface area contributed by atoms with E-state index in [4.69, 9.17) is 14.5 Å². The first-order valence-electron chi connectivity index (χ1n) is 14.2. The van der Waals surface area contributed by atoms with Gasteiger partial charge in [0.15, 0.2) is 0 Å². The van der Waals surface area contributed by atoms with Gasteiger partial charge in [-0.2, -0.15) is 5.26 Å². The molecule has 10 nitrogen and oxygen atoms in total. The number of carbonyl (C=O) groups is 3. The monoisotopic (exact) mass is 565 g/mol. The van der Waals surface area contributed by atoms with Gasteiger partial charge in [-0.15, -0.1) is 0 Å². The highest BCUT2D eigenvalue weighted by molar-refractivity contribution is 5.98. The standard InChI is InChI=1S/C32H31N5O5/c1-21-15-25(22-7-8-22)18-34-29(21)35-11-13-36(14-12-35)30(38)28-10-9-26(16-24(28)17-33)37-27(20-42-32(37)40)19-41-31(39)23-5-3-2-4-6-23/h2-6,9-10,15-16,18,22,27H,7-8,11-14,19-20H2,1H3. The second kappa shape index (κ2) is 11.5. The average Bonchev–Trinajstić information content (AvgIpc) is 3.82. The summed E-state index contributed by atoms with van der Waals surface area (Å²) in [5, 5.41) is 9.91. The highest BCUT2D eigenvalue weighted by Gasteiger charge is 2.36. The van der Waals surface area contributed by atoms with Gasteiger partial charge in [0.1, 0.15) is 31.1 Å². The summed E-state index contributed by atoms with van der Waals surface area (Å²) < 4.78 is 10.7. The third-order valence-corrected chi connectivity index (χ3v) is 8.00. The SMILES string of the molecule is Cc1cc(C2CC2)cnc1N1CCN(C(=O)c2ccc(N3C(=O)OCC3COC(=O)c3ccccc3)cc2C#N)CC1. The molecule has 1 atom stereocenters. The van der Waals surface area contributed by atoms with Crippen LogP contribution in [0.3, 0.4) is 0 Å². The highest BCUT2D eigenvalue weighted by atomic mass is 16.6. The van der Waals surface area contributed by atoms with Gasteiger partial charge in [0, 0.05) is 38.1 Å². The highest BCUT2D eigenvalue weighted by Crippen LogP contribution is 2.40. The van der Waals surface area contributed by atoms with E-state index in [2.05, 4.69) is 24.0 Å². The molecule has 6 rings (SSSR count). The van der Waals surface area contributed by atoms with Gasteiger partial charge < -0.3 is 19.3 Å². The summed E-state index contributed by atoms with van der Waals surface area (Å²) in [6.07, 6.45) is 3.84. The Bertz CT molecular complexity index is 1560. The lowest BCUT2D eigenvalue weighted by molar-refractivity contribution is 0.0475. The zero-order valence-electron chi connectivity index (χ0n) is 23.4. The number of nitrogens with zero attached hydrogens (tertiary/aromatic N) is 5. The Morgan fingerprint density at radius 3 is 2.52 bits per heavy atom. The van der Waals surface area contributed by atoms with Crippen molar-refractivity contribution in [2.24, 2.45) is 0 Å². The summed E-state index contributed by atoms with van der Waals surface area (Å²) in [6, 6.07) is 17.1. The predicted octanol–water partition coefficient (Wildman–Crippen LogP) is 4.28. The fraction of sp³-hybridized carbons (Fsp3) is 0.344. The van der Waals surface area contributed by atoms with Crippen molar-refractivity contribution in [1.29, 1.82) is 5.26 Å². The Labute approximate surface area is 244 Å². The van der Waals surface area contributed by atoms with Crippen LogP contribution >= 0.6 is 0 Å². The molecule has 2 aromatic carbocycles. The average molecular weight is 566 g/mol. The maximum Gasteiger partial charge on any atom is 0.414 e. The topological polar surface area (TPSA) is 116 Å². The lowest BCUT2D eigenvalue weighted by Crippen LogP contribution is -2.49. The number of carbonyl (C=O) groups excluding carboxylic acids is 3. The Balaban J connectivity index is 1.11. The van der Waals surface area contributed by atoms with E-state index in [0.717, 1.165) is 11.4 Å². The second-order valence-electron chi connectivity index (χ2n) is 10.9. The van der Waals surface area contributed by atoms with Gasteiger partial charge in [-0.3, -0.25) is 9.69 Å². The Kier molecular flexibility index (Phi) is 7.48. The molecule has 2 saturated heterocycles. The van der Waals surface area contributed by atoms with E-state index < -0.39 is 18.1 Å². The van der Waals surface area contributed by atoms with Crippen molar-refractivity contribution >= 4 is 29.5 Å². The van der Waals surface area contributed by atoms with Crippen molar-refractivity contribution in [2.75, 3.05) is 49.2 Å². The van der Waals surface area contributed by atoms with E-state index in [-0.39, 0.29) is 30.2 Å². The van der Waals surface area contributed by atoms with Gasteiger partial charge in [0.2, 0.25) is 0 Å². The lowest BCUT2D eigenvalue weighted by Gasteiger charge is -2.36. The van der Waals surface area contributed by atoms with Crippen LogP contribution in [0.4, 0.5) is 16.3 Å². The second-order valence-corrected chi connectivity index (χ2v) is 10.9. The molecule has 3 fully saturated rings. The van der Waals surface area contributed by atoms with Crippen molar-refractivity contribution in [3.05, 3.63) is 88.6 Å². The number of rotatable bonds is 7. The minimum absolute atomic E-state index is 0.0331. The molecule has 0 radical (unpaired) electrons. The number of piperazine rings is 1. The first-order chi connectivity index (χ1) is 20.4. The van der Waals surface area contributed by atoms with Crippen molar-refractivity contribution in [2.45, 2.75) is 31.7 Å². The van der Waals surface area contributed by atoms with Crippen LogP contribution in [-0.4, -0.2) is 73.3 Å². The smallest absolute Gasteiger partial charge is 0.414 e. The van der Waals surface area contributed by atoms with Crippen molar-refractivity contribution in [3.63, 3.8) is 0 Å². The molecule has 2 aliphatic heterocycles.